The fourth-order valence-electron chi connectivity index (χ4n) is 0.907. The first-order chi connectivity index (χ1) is 6.25. The zero-order valence-corrected chi connectivity index (χ0v) is 18.0. The second-order valence-electron chi connectivity index (χ2n) is 2.71. The van der Waals surface area contributed by atoms with Gasteiger partial charge < -0.3 is 24.7 Å². The van der Waals surface area contributed by atoms with E-state index in [-0.39, 0.29) is 88.7 Å². The minimum atomic E-state index is -3.17. The molecule has 2 unspecified atom stereocenters. The second kappa shape index (κ2) is 13.7. The van der Waals surface area contributed by atoms with Gasteiger partial charge in [-0.2, -0.15) is 0 Å². The fourth-order valence-corrected chi connectivity index (χ4v) is 2.56. The van der Waals surface area contributed by atoms with Crippen LogP contribution in [-0.2, 0) is 13.9 Å². The number of hydroxylamine groups is 3. The van der Waals surface area contributed by atoms with E-state index in [0.29, 0.717) is 0 Å². The number of carbonyl (C=O) groups is 1. The van der Waals surface area contributed by atoms with Crippen molar-refractivity contribution in [2.45, 2.75) is 0 Å². The predicted octanol–water partition coefficient (Wildman–Crippen LogP) is -1.91. The van der Waals surface area contributed by atoms with Gasteiger partial charge in [0.05, 0.1) is 0 Å². The van der Waals surface area contributed by atoms with Gasteiger partial charge in [-0.3, -0.25) is 9.13 Å². The Bertz CT molecular complexity index is 237. The maximum atomic E-state index is 11.4. The van der Waals surface area contributed by atoms with Crippen LogP contribution in [0.2, 0.25) is 0 Å². The standard InChI is InChI=1S/C4H11NO7P2.3Na/c6-4(7)1-5(8,2-13(9)10)3-14(11)12;;;/h13-14H,1-3H2,(H,6,7)(H,9,10)(H,11,12);;;. The van der Waals surface area contributed by atoms with Gasteiger partial charge in [-0.1, -0.05) is 0 Å². The molecule has 0 aromatic rings. The summed E-state index contributed by atoms with van der Waals surface area (Å²) < 4.78 is 19.1. The maximum absolute atomic E-state index is 11.4. The fraction of sp³-hybridized carbons (Fsp3) is 0.750. The first kappa shape index (κ1) is 28.0. The van der Waals surface area contributed by atoms with Crippen LogP contribution in [0.5, 0.6) is 0 Å². The summed E-state index contributed by atoms with van der Waals surface area (Å²) in [5.74, 6) is -1.48. The Morgan fingerprint density at radius 2 is 1.35 bits per heavy atom. The summed E-state index contributed by atoms with van der Waals surface area (Å²) in [5, 5.41) is 19.7. The first-order valence-corrected chi connectivity index (χ1v) is 6.60. The molecular weight excluding hydrogens is 305 g/mol. The summed E-state index contributed by atoms with van der Waals surface area (Å²) in [6.07, 6.45) is -1.71. The van der Waals surface area contributed by atoms with E-state index < -0.39 is 45.8 Å². The van der Waals surface area contributed by atoms with Crippen molar-refractivity contribution in [3.63, 3.8) is 0 Å². The number of carboxylic acid groups (broad SMARTS) is 1. The van der Waals surface area contributed by atoms with Gasteiger partial charge in [0.15, 0.2) is 19.1 Å². The van der Waals surface area contributed by atoms with Gasteiger partial charge in [0.2, 0.25) is 16.1 Å². The number of quaternary nitrogens is 1. The molecule has 0 aliphatic heterocycles. The van der Waals surface area contributed by atoms with E-state index in [1.54, 1.807) is 0 Å². The molecule has 0 heterocycles. The summed E-state index contributed by atoms with van der Waals surface area (Å²) >= 11 is 0. The number of carboxylic acids is 1. The molecule has 2 atom stereocenters. The molecule has 8 nitrogen and oxygen atoms in total. The predicted molar refractivity (Wildman–Crippen MR) is 65.6 cm³/mol. The molecule has 0 saturated heterocycles. The number of rotatable bonds is 6. The molecule has 0 spiro atoms. The van der Waals surface area contributed by atoms with Crippen LogP contribution in [-0.4, -0.2) is 133 Å². The van der Waals surface area contributed by atoms with Crippen molar-refractivity contribution < 1.29 is 33.5 Å². The number of hydrogen-bond donors (Lipinski definition) is 3. The monoisotopic (exact) mass is 316 g/mol. The van der Waals surface area contributed by atoms with Crippen LogP contribution in [0.1, 0.15) is 0 Å². The van der Waals surface area contributed by atoms with Gasteiger partial charge in [0, 0.05) is 88.7 Å². The summed E-state index contributed by atoms with van der Waals surface area (Å²) in [4.78, 5) is 27.2. The van der Waals surface area contributed by atoms with Crippen molar-refractivity contribution in [3.05, 3.63) is 5.21 Å². The summed E-state index contributed by atoms with van der Waals surface area (Å²) in [6.45, 7) is -0.992. The van der Waals surface area contributed by atoms with E-state index in [0.717, 1.165) is 0 Å². The molecule has 87 valence electrons. The van der Waals surface area contributed by atoms with Gasteiger partial charge in [0.25, 0.3) is 0 Å². The third kappa shape index (κ3) is 16.7. The van der Waals surface area contributed by atoms with E-state index in [2.05, 4.69) is 0 Å². The van der Waals surface area contributed by atoms with Crippen LogP contribution in [0, 0.1) is 5.21 Å². The Kier molecular flexibility index (Phi) is 22.6. The Morgan fingerprint density at radius 1 is 1.06 bits per heavy atom. The van der Waals surface area contributed by atoms with Crippen LogP contribution < -0.4 is 0 Å². The molecule has 0 aromatic heterocycles. The molecule has 13 heteroatoms. The van der Waals surface area contributed by atoms with Gasteiger partial charge >= 0.3 is 5.97 Å². The molecule has 0 saturated carbocycles. The molecule has 0 aliphatic rings. The molecule has 0 amide bonds. The van der Waals surface area contributed by atoms with Crippen LogP contribution in [0.15, 0.2) is 0 Å². The zero-order valence-electron chi connectivity index (χ0n) is 10.0. The number of nitrogens with zero attached hydrogens (tertiary/aromatic N) is 1. The summed E-state index contributed by atoms with van der Waals surface area (Å²) in [5.41, 5.74) is 0. The quantitative estimate of drug-likeness (QED) is 0.225. The Hall–Kier alpha value is 2.77. The van der Waals surface area contributed by atoms with E-state index in [4.69, 9.17) is 14.9 Å². The molecule has 3 radical (unpaired) electrons. The van der Waals surface area contributed by atoms with E-state index in [9.17, 15) is 19.1 Å². The average molecular weight is 316 g/mol. The van der Waals surface area contributed by atoms with Gasteiger partial charge in [-0.05, 0) is 0 Å². The number of aliphatic carboxylic acids is 1. The molecule has 0 aliphatic carbocycles. The molecule has 0 rings (SSSR count). The SMILES string of the molecule is O=C(O)C[N+]([O-])(C[PH](=O)O)C[PH](=O)O.[Na].[Na].[Na]. The second-order valence-corrected chi connectivity index (χ2v) is 4.92. The number of hydrogen-bond acceptors (Lipinski definition) is 4. The molecular formula is C4H11NNa3O7P2. The Balaban J connectivity index is -0.000000282. The Labute approximate surface area is 166 Å². The third-order valence-corrected chi connectivity index (χ3v) is 2.96. The molecule has 17 heavy (non-hydrogen) atoms. The molecule has 0 bridgehead atoms. The average Bonchev–Trinajstić information content (AvgIpc) is 1.76. The maximum Gasteiger partial charge on any atom is 0.359 e. The summed E-state index contributed by atoms with van der Waals surface area (Å²) in [7, 11) is -6.34. The van der Waals surface area contributed by atoms with Crippen LogP contribution in [0.4, 0.5) is 0 Å². The molecule has 0 aromatic carbocycles. The van der Waals surface area contributed by atoms with Crippen molar-refractivity contribution in [1.29, 1.82) is 0 Å². The van der Waals surface area contributed by atoms with Gasteiger partial charge in [-0.25, -0.2) is 4.79 Å². The topological polar surface area (TPSA) is 135 Å². The van der Waals surface area contributed by atoms with E-state index >= 15 is 0 Å². The van der Waals surface area contributed by atoms with Crippen molar-refractivity contribution in [2.75, 3.05) is 19.1 Å². The minimum Gasteiger partial charge on any atom is -0.632 e. The van der Waals surface area contributed by atoms with Crippen molar-refractivity contribution in [2.24, 2.45) is 0 Å². The van der Waals surface area contributed by atoms with Crippen LogP contribution in [0.3, 0.4) is 0 Å². The van der Waals surface area contributed by atoms with Crippen LogP contribution >= 0.6 is 16.1 Å². The first-order valence-electron chi connectivity index (χ1n) is 3.48. The van der Waals surface area contributed by atoms with E-state index in [1.165, 1.54) is 0 Å². The largest absolute Gasteiger partial charge is 0.632 e. The summed E-state index contributed by atoms with van der Waals surface area (Å²) in [6, 6.07) is 0. The van der Waals surface area contributed by atoms with E-state index in [1.807, 2.05) is 0 Å². The Morgan fingerprint density at radius 3 is 1.53 bits per heavy atom. The third-order valence-electron chi connectivity index (χ3n) is 1.27. The normalized spacial score (nSPS) is 16.2. The minimum absolute atomic E-state index is 0. The zero-order chi connectivity index (χ0) is 11.4. The van der Waals surface area contributed by atoms with Crippen LogP contribution in [0.25, 0.3) is 0 Å². The smallest absolute Gasteiger partial charge is 0.359 e. The van der Waals surface area contributed by atoms with Crippen molar-refractivity contribution >= 4 is 111 Å². The van der Waals surface area contributed by atoms with Gasteiger partial charge in [-0.15, -0.1) is 0 Å². The van der Waals surface area contributed by atoms with Crippen molar-refractivity contribution in [3.8, 4) is 0 Å². The van der Waals surface area contributed by atoms with Gasteiger partial charge in [0.1, 0.15) is 0 Å². The molecule has 3 N–H and O–H groups in total. The van der Waals surface area contributed by atoms with Crippen molar-refractivity contribution in [1.82, 2.24) is 0 Å². The molecule has 0 fully saturated rings.